The molecule has 0 bridgehead atoms. The van der Waals surface area contributed by atoms with Gasteiger partial charge >= 0.3 is 0 Å². The number of nitrogen functional groups attached to an aromatic ring is 1. The van der Waals surface area contributed by atoms with Gasteiger partial charge < -0.3 is 15.4 Å². The molecule has 2 aromatic heterocycles. The molecule has 3 N–H and O–H groups in total. The molecule has 0 saturated carbocycles. The van der Waals surface area contributed by atoms with Crippen LogP contribution in [0.5, 0.6) is 5.88 Å². The van der Waals surface area contributed by atoms with Gasteiger partial charge in [-0.2, -0.15) is 0 Å². The molecule has 0 amide bonds. The lowest BCUT2D eigenvalue weighted by molar-refractivity contribution is 0.232. The van der Waals surface area contributed by atoms with Crippen molar-refractivity contribution >= 4 is 28.0 Å². The fourth-order valence-electron chi connectivity index (χ4n) is 2.71. The average molecular weight is 373 g/mol. The van der Waals surface area contributed by atoms with Gasteiger partial charge in [-0.3, -0.25) is 9.62 Å². The van der Waals surface area contributed by atoms with Crippen LogP contribution in [-0.2, 0) is 10.8 Å². The number of rotatable bonds is 6. The highest BCUT2D eigenvalue weighted by atomic mass is 32.2. The van der Waals surface area contributed by atoms with Gasteiger partial charge in [0.05, 0.1) is 28.9 Å². The number of hydrogen-bond donors (Lipinski definition) is 2. The van der Waals surface area contributed by atoms with Gasteiger partial charge in [0.25, 0.3) is 0 Å². The first kappa shape index (κ1) is 18.3. The number of nitrogens with one attached hydrogen (secondary N) is 1. The second-order valence-electron chi connectivity index (χ2n) is 6.58. The van der Waals surface area contributed by atoms with E-state index in [1.807, 2.05) is 19.9 Å². The normalized spacial score (nSPS) is 15.6. The summed E-state index contributed by atoms with van der Waals surface area (Å²) in [7, 11) is -0.822. The molecule has 1 aliphatic rings. The summed E-state index contributed by atoms with van der Waals surface area (Å²) >= 11 is 0. The van der Waals surface area contributed by atoms with E-state index in [0.717, 1.165) is 18.9 Å². The Morgan fingerprint density at radius 3 is 2.77 bits per heavy atom. The van der Waals surface area contributed by atoms with E-state index in [0.29, 0.717) is 28.4 Å². The molecule has 1 atom stereocenters. The first-order valence-electron chi connectivity index (χ1n) is 8.40. The maximum absolute atomic E-state index is 11.5. The van der Waals surface area contributed by atoms with E-state index in [-0.39, 0.29) is 11.4 Å². The monoisotopic (exact) mass is 373 g/mol. The Morgan fingerprint density at radius 1 is 1.38 bits per heavy atom. The molecule has 0 radical (unpaired) electrons. The van der Waals surface area contributed by atoms with Crippen LogP contribution < -0.4 is 15.4 Å². The van der Waals surface area contributed by atoms with E-state index in [2.05, 4.69) is 14.9 Å². The van der Waals surface area contributed by atoms with Gasteiger partial charge in [-0.1, -0.05) is 0 Å². The van der Waals surface area contributed by atoms with E-state index in [1.54, 1.807) is 24.6 Å². The van der Waals surface area contributed by atoms with Crippen LogP contribution in [0.3, 0.4) is 0 Å². The fourth-order valence-corrected chi connectivity index (χ4v) is 3.49. The zero-order valence-corrected chi connectivity index (χ0v) is 15.9. The third kappa shape index (κ3) is 3.85. The number of anilines is 2. The van der Waals surface area contributed by atoms with Crippen molar-refractivity contribution in [2.24, 2.45) is 0 Å². The number of nitrogens with two attached hydrogens (primary N) is 1. The second-order valence-corrected chi connectivity index (χ2v) is 8.24. The van der Waals surface area contributed by atoms with Crippen molar-refractivity contribution in [1.29, 1.82) is 5.41 Å². The molecule has 26 heavy (non-hydrogen) atoms. The van der Waals surface area contributed by atoms with Crippen molar-refractivity contribution in [3.63, 3.8) is 0 Å². The van der Waals surface area contributed by atoms with E-state index >= 15 is 0 Å². The number of nitrogens with zero attached hydrogens (tertiary/aromatic N) is 3. The van der Waals surface area contributed by atoms with Crippen LogP contribution in [0.4, 0.5) is 11.5 Å². The topological polar surface area (TPSA) is 105 Å². The Hall–Kier alpha value is -2.48. The predicted molar refractivity (Wildman–Crippen MR) is 105 cm³/mol. The maximum atomic E-state index is 11.5. The van der Waals surface area contributed by atoms with Gasteiger partial charge in [-0.05, 0) is 26.0 Å². The van der Waals surface area contributed by atoms with Crippen molar-refractivity contribution in [3.8, 4) is 5.88 Å². The zero-order chi connectivity index (χ0) is 18.8. The average Bonchev–Trinajstić information content (AvgIpc) is 2.54. The van der Waals surface area contributed by atoms with Crippen LogP contribution in [0.2, 0.25) is 0 Å². The molecule has 1 fully saturated rings. The minimum Gasteiger partial charge on any atom is -0.475 e. The van der Waals surface area contributed by atoms with Gasteiger partial charge in [0.15, 0.2) is 0 Å². The Labute approximate surface area is 155 Å². The third-order valence-electron chi connectivity index (χ3n) is 4.21. The lowest BCUT2D eigenvalue weighted by Crippen LogP contribution is -2.53. The molecule has 1 unspecified atom stereocenters. The summed E-state index contributed by atoms with van der Waals surface area (Å²) in [6.45, 7) is 5.27. The van der Waals surface area contributed by atoms with Crippen LogP contribution in [0.1, 0.15) is 25.0 Å². The molecule has 138 valence electrons. The lowest BCUT2D eigenvalue weighted by Gasteiger charge is -2.38. The van der Waals surface area contributed by atoms with E-state index in [9.17, 15) is 4.21 Å². The Balaban J connectivity index is 1.82. The minimum atomic E-state index is -0.822. The molecule has 0 aliphatic carbocycles. The summed E-state index contributed by atoms with van der Waals surface area (Å²) in [5.74, 6) is 1.22. The summed E-state index contributed by atoms with van der Waals surface area (Å²) in [5.41, 5.74) is 8.03. The highest BCUT2D eigenvalue weighted by Gasteiger charge is 2.30. The van der Waals surface area contributed by atoms with Gasteiger partial charge in [0, 0.05) is 53.5 Å². The van der Waals surface area contributed by atoms with Crippen LogP contribution in [0.15, 0.2) is 30.6 Å². The first-order valence-corrected chi connectivity index (χ1v) is 10.0. The molecule has 3 rings (SSSR count). The van der Waals surface area contributed by atoms with Crippen molar-refractivity contribution in [1.82, 2.24) is 9.97 Å². The zero-order valence-electron chi connectivity index (χ0n) is 15.1. The summed E-state index contributed by atoms with van der Waals surface area (Å²) in [5, 5.41) is 8.74. The highest BCUT2D eigenvalue weighted by molar-refractivity contribution is 7.85. The van der Waals surface area contributed by atoms with E-state index in [4.69, 9.17) is 15.9 Å². The molecular formula is C18H23N5O2S. The molecule has 3 heterocycles. The minimum absolute atomic E-state index is 0.0100. The molecule has 2 aromatic rings. The SMILES string of the molecule is CC(C)Oc1cc(C(=N)c2ccnc(N3CC(S(C)=O)C3)c2)c(N)cn1. The number of ether oxygens (including phenoxy) is 1. The smallest absolute Gasteiger partial charge is 0.214 e. The summed E-state index contributed by atoms with van der Waals surface area (Å²) in [6.07, 6.45) is 4.91. The number of pyridine rings is 2. The van der Waals surface area contributed by atoms with E-state index in [1.165, 1.54) is 6.20 Å². The highest BCUT2D eigenvalue weighted by Crippen LogP contribution is 2.25. The second kappa shape index (κ2) is 7.41. The molecule has 7 nitrogen and oxygen atoms in total. The standard InChI is InChI=1S/C18H23N5O2S/c1-11(2)25-17-7-14(15(19)8-22-17)18(20)12-4-5-21-16(6-12)23-9-13(10-23)26(3)24/h4-8,11,13,20H,9-10,19H2,1-3H3. The van der Waals surface area contributed by atoms with Gasteiger partial charge in [-0.15, -0.1) is 0 Å². The van der Waals surface area contributed by atoms with E-state index < -0.39 is 10.8 Å². The predicted octanol–water partition coefficient (Wildman–Crippen LogP) is 1.83. The van der Waals surface area contributed by atoms with Crippen LogP contribution in [-0.4, -0.2) is 50.6 Å². The quantitative estimate of drug-likeness (QED) is 0.749. The molecule has 0 spiro atoms. The summed E-state index contributed by atoms with van der Waals surface area (Å²) < 4.78 is 17.1. The molecule has 8 heteroatoms. The van der Waals surface area contributed by atoms with Gasteiger partial charge in [0.1, 0.15) is 5.82 Å². The summed E-state index contributed by atoms with van der Waals surface area (Å²) in [4.78, 5) is 10.6. The van der Waals surface area contributed by atoms with Crippen LogP contribution in [0, 0.1) is 5.41 Å². The number of aromatic nitrogens is 2. The molecule has 1 aliphatic heterocycles. The molecule has 1 saturated heterocycles. The number of hydrogen-bond acceptors (Lipinski definition) is 7. The third-order valence-corrected chi connectivity index (χ3v) is 5.45. The first-order chi connectivity index (χ1) is 12.3. The van der Waals surface area contributed by atoms with Crippen molar-refractivity contribution in [3.05, 3.63) is 41.7 Å². The fraction of sp³-hybridized carbons (Fsp3) is 0.389. The van der Waals surface area contributed by atoms with Crippen LogP contribution in [0.25, 0.3) is 0 Å². The maximum Gasteiger partial charge on any atom is 0.214 e. The Morgan fingerprint density at radius 2 is 2.12 bits per heavy atom. The molecule has 0 aromatic carbocycles. The van der Waals surface area contributed by atoms with Crippen molar-refractivity contribution in [2.45, 2.75) is 25.2 Å². The Bertz CT molecular complexity index is 849. The largest absolute Gasteiger partial charge is 0.475 e. The van der Waals surface area contributed by atoms with Crippen molar-refractivity contribution < 1.29 is 8.95 Å². The van der Waals surface area contributed by atoms with Crippen LogP contribution >= 0.6 is 0 Å². The lowest BCUT2D eigenvalue weighted by atomic mass is 10.0. The van der Waals surface area contributed by atoms with Gasteiger partial charge in [0.2, 0.25) is 5.88 Å². The summed E-state index contributed by atoms with van der Waals surface area (Å²) in [6, 6.07) is 5.33. The molecular weight excluding hydrogens is 350 g/mol. The van der Waals surface area contributed by atoms with Crippen molar-refractivity contribution in [2.75, 3.05) is 30.0 Å². The van der Waals surface area contributed by atoms with Gasteiger partial charge in [-0.25, -0.2) is 9.97 Å². The Kier molecular flexibility index (Phi) is 5.22.